The van der Waals surface area contributed by atoms with Gasteiger partial charge in [0, 0.05) is 36.6 Å². The van der Waals surface area contributed by atoms with E-state index in [0.29, 0.717) is 12.3 Å². The highest BCUT2D eigenvalue weighted by Gasteiger charge is 2.56. The van der Waals surface area contributed by atoms with Crippen LogP contribution in [0.15, 0.2) is 24.3 Å². The van der Waals surface area contributed by atoms with Crippen LogP contribution in [0.3, 0.4) is 0 Å². The molecule has 8 nitrogen and oxygen atoms in total. The lowest BCUT2D eigenvalue weighted by Crippen LogP contribution is -2.58. The summed E-state index contributed by atoms with van der Waals surface area (Å²) in [5.74, 6) is 1.05. The summed E-state index contributed by atoms with van der Waals surface area (Å²) in [5, 5.41) is 10.8. The molecule has 0 radical (unpaired) electrons. The quantitative estimate of drug-likeness (QED) is 0.287. The summed E-state index contributed by atoms with van der Waals surface area (Å²) in [6, 6.07) is 5.38. The monoisotopic (exact) mass is 430 g/mol. The Hall–Kier alpha value is -2.64. The van der Waals surface area contributed by atoms with Crippen molar-refractivity contribution in [2.45, 2.75) is 76.4 Å². The zero-order chi connectivity index (χ0) is 22.0. The average Bonchev–Trinajstić information content (AvgIpc) is 3.11. The van der Waals surface area contributed by atoms with E-state index in [0.717, 1.165) is 57.9 Å². The van der Waals surface area contributed by atoms with E-state index >= 15 is 0 Å². The summed E-state index contributed by atoms with van der Waals surface area (Å²) in [6.07, 6.45) is 7.10. The molecule has 2 heterocycles. The molecular formula is C23H30N2O6. The molecule has 1 aliphatic carbocycles. The third-order valence-electron chi connectivity index (χ3n) is 7.40. The number of nitro groups is 1. The molecular weight excluding hydrogens is 400 g/mol. The van der Waals surface area contributed by atoms with Crippen LogP contribution in [0.5, 0.6) is 5.75 Å². The Morgan fingerprint density at radius 2 is 2.00 bits per heavy atom. The third-order valence-corrected chi connectivity index (χ3v) is 7.40. The highest BCUT2D eigenvalue weighted by atomic mass is 16.7. The average molecular weight is 431 g/mol. The first-order valence-electron chi connectivity index (χ1n) is 11.4. The van der Waals surface area contributed by atoms with Gasteiger partial charge in [0.15, 0.2) is 0 Å². The van der Waals surface area contributed by atoms with E-state index in [1.807, 2.05) is 0 Å². The van der Waals surface area contributed by atoms with Crippen molar-refractivity contribution in [1.29, 1.82) is 0 Å². The van der Waals surface area contributed by atoms with Crippen LogP contribution in [-0.2, 0) is 9.53 Å². The van der Waals surface area contributed by atoms with Crippen molar-refractivity contribution >= 4 is 17.7 Å². The fraction of sp³-hybridized carbons (Fsp3) is 0.652. The van der Waals surface area contributed by atoms with E-state index in [9.17, 15) is 19.7 Å². The molecule has 0 aromatic heterocycles. The number of nitrogens with zero attached hydrogens (tertiary/aromatic N) is 2. The van der Waals surface area contributed by atoms with Gasteiger partial charge in [0.05, 0.1) is 4.92 Å². The number of non-ortho nitro benzene ring substituents is 1. The smallest absolute Gasteiger partial charge is 0.430 e. The first-order valence-corrected chi connectivity index (χ1v) is 11.4. The zero-order valence-corrected chi connectivity index (χ0v) is 18.0. The molecule has 31 heavy (non-hydrogen) atoms. The van der Waals surface area contributed by atoms with Crippen LogP contribution in [0, 0.1) is 22.0 Å². The number of benzene rings is 1. The van der Waals surface area contributed by atoms with E-state index in [2.05, 4.69) is 11.8 Å². The predicted molar refractivity (Wildman–Crippen MR) is 113 cm³/mol. The number of carbonyl (C=O) groups is 2. The first-order chi connectivity index (χ1) is 14.9. The lowest BCUT2D eigenvalue weighted by molar-refractivity contribution is -0.384. The van der Waals surface area contributed by atoms with Crippen LogP contribution in [0.4, 0.5) is 10.5 Å². The number of carbonyl (C=O) groups excluding carboxylic acids is 2. The maximum atomic E-state index is 12.7. The van der Waals surface area contributed by atoms with Gasteiger partial charge >= 0.3 is 6.16 Å². The molecule has 2 saturated heterocycles. The maximum Gasteiger partial charge on any atom is 0.514 e. The van der Waals surface area contributed by atoms with Gasteiger partial charge < -0.3 is 14.4 Å². The lowest BCUT2D eigenvalue weighted by Gasteiger charge is -2.52. The topological polar surface area (TPSA) is 99.0 Å². The Labute approximate surface area is 182 Å². The molecule has 8 heteroatoms. The number of hydrogen-bond acceptors (Lipinski definition) is 6. The molecule has 3 aliphatic rings. The minimum Gasteiger partial charge on any atom is -0.430 e. The predicted octanol–water partition coefficient (Wildman–Crippen LogP) is 4.85. The van der Waals surface area contributed by atoms with E-state index < -0.39 is 11.1 Å². The van der Waals surface area contributed by atoms with Gasteiger partial charge in [0.2, 0.25) is 5.91 Å². The van der Waals surface area contributed by atoms with Gasteiger partial charge in [0.1, 0.15) is 11.9 Å². The minimum absolute atomic E-state index is 0.0645. The number of nitro benzene ring substituents is 1. The van der Waals surface area contributed by atoms with Crippen molar-refractivity contribution in [1.82, 2.24) is 4.90 Å². The Bertz CT molecular complexity index is 841. The Morgan fingerprint density at radius 3 is 2.71 bits per heavy atom. The zero-order valence-electron chi connectivity index (χ0n) is 18.0. The fourth-order valence-electron chi connectivity index (χ4n) is 6.21. The molecule has 3 fully saturated rings. The van der Waals surface area contributed by atoms with Crippen LogP contribution < -0.4 is 4.74 Å². The normalized spacial score (nSPS) is 30.2. The standard InChI is InChI=1S/C23H30N2O6/c1-2-5-18-19-6-3-7-21(26)24-15-4-13-23(19,24)14-12-20(18)31-22(27)30-17-10-8-16(9-11-17)25(28)29/h8-11,18-20H,2-7,12-15H2,1H3/t18-,19+,20+,23-/m0/s1. The van der Waals surface area contributed by atoms with Crippen LogP contribution in [0.1, 0.15) is 64.7 Å². The van der Waals surface area contributed by atoms with Gasteiger partial charge in [-0.3, -0.25) is 14.9 Å². The van der Waals surface area contributed by atoms with Crippen molar-refractivity contribution in [3.8, 4) is 5.75 Å². The molecule has 4 rings (SSSR count). The molecule has 0 N–H and O–H groups in total. The molecule has 2 aliphatic heterocycles. The molecule has 1 aromatic rings. The van der Waals surface area contributed by atoms with Gasteiger partial charge in [-0.15, -0.1) is 0 Å². The molecule has 1 amide bonds. The highest BCUT2D eigenvalue weighted by molar-refractivity contribution is 5.78. The minimum atomic E-state index is -0.774. The lowest BCUT2D eigenvalue weighted by atomic mass is 9.62. The van der Waals surface area contributed by atoms with Crippen LogP contribution in [0.2, 0.25) is 0 Å². The summed E-state index contributed by atoms with van der Waals surface area (Å²) in [7, 11) is 0. The second-order valence-corrected chi connectivity index (χ2v) is 9.00. The van der Waals surface area contributed by atoms with E-state index in [4.69, 9.17) is 9.47 Å². The van der Waals surface area contributed by atoms with E-state index in [1.165, 1.54) is 24.3 Å². The van der Waals surface area contributed by atoms with Gasteiger partial charge in [-0.05, 0) is 63.0 Å². The van der Waals surface area contributed by atoms with Gasteiger partial charge in [-0.25, -0.2) is 4.79 Å². The van der Waals surface area contributed by atoms with Crippen molar-refractivity contribution in [2.24, 2.45) is 11.8 Å². The number of hydrogen-bond donors (Lipinski definition) is 0. The second kappa shape index (κ2) is 8.85. The first kappa shape index (κ1) is 21.6. The second-order valence-electron chi connectivity index (χ2n) is 9.00. The van der Waals surface area contributed by atoms with Crippen molar-refractivity contribution in [3.05, 3.63) is 34.4 Å². The molecule has 1 aromatic carbocycles. The largest absolute Gasteiger partial charge is 0.514 e. The third kappa shape index (κ3) is 4.12. The Morgan fingerprint density at radius 1 is 1.23 bits per heavy atom. The molecule has 1 spiro atoms. The Balaban J connectivity index is 1.48. The number of amides is 1. The Kier molecular flexibility index (Phi) is 6.16. The summed E-state index contributed by atoms with van der Waals surface area (Å²) in [6.45, 7) is 2.99. The van der Waals surface area contributed by atoms with Gasteiger partial charge in [-0.2, -0.15) is 0 Å². The van der Waals surface area contributed by atoms with Crippen LogP contribution in [0.25, 0.3) is 0 Å². The van der Waals surface area contributed by atoms with E-state index in [-0.39, 0.29) is 34.9 Å². The molecule has 1 saturated carbocycles. The van der Waals surface area contributed by atoms with Gasteiger partial charge in [0.25, 0.3) is 5.69 Å². The summed E-state index contributed by atoms with van der Waals surface area (Å²) >= 11 is 0. The number of ether oxygens (including phenoxy) is 2. The molecule has 168 valence electrons. The van der Waals surface area contributed by atoms with Gasteiger partial charge in [-0.1, -0.05) is 13.3 Å². The summed E-state index contributed by atoms with van der Waals surface area (Å²) in [5.41, 5.74) is -0.138. The molecule has 0 unspecified atom stereocenters. The SMILES string of the molecule is CCC[C@H]1[C@H]2CCCC(=O)N3CCC[C@]23CC[C@H]1OC(=O)Oc1ccc([N+](=O)[O-])cc1. The van der Waals surface area contributed by atoms with Crippen LogP contribution >= 0.6 is 0 Å². The summed E-state index contributed by atoms with van der Waals surface area (Å²) in [4.78, 5) is 37.7. The van der Waals surface area contributed by atoms with Crippen molar-refractivity contribution in [3.63, 3.8) is 0 Å². The van der Waals surface area contributed by atoms with Crippen LogP contribution in [-0.4, -0.2) is 40.1 Å². The molecule has 4 atom stereocenters. The van der Waals surface area contributed by atoms with E-state index in [1.54, 1.807) is 0 Å². The van der Waals surface area contributed by atoms with Crippen molar-refractivity contribution < 1.29 is 24.0 Å². The number of rotatable bonds is 5. The molecule has 0 bridgehead atoms. The summed E-state index contributed by atoms with van der Waals surface area (Å²) < 4.78 is 11.1. The maximum absolute atomic E-state index is 12.7. The highest BCUT2D eigenvalue weighted by Crippen LogP contribution is 2.53. The van der Waals surface area contributed by atoms with Crippen molar-refractivity contribution in [2.75, 3.05) is 6.54 Å². The fourth-order valence-corrected chi connectivity index (χ4v) is 6.21.